The lowest BCUT2D eigenvalue weighted by Gasteiger charge is -2.09. The van der Waals surface area contributed by atoms with Gasteiger partial charge >= 0.3 is 0 Å². The Bertz CT molecular complexity index is 1200. The molecule has 1 amide bonds. The summed E-state index contributed by atoms with van der Waals surface area (Å²) in [4.78, 5) is 24.5. The van der Waals surface area contributed by atoms with Crippen molar-refractivity contribution in [3.8, 4) is 0 Å². The summed E-state index contributed by atoms with van der Waals surface area (Å²) in [6, 6.07) is 14.6. The summed E-state index contributed by atoms with van der Waals surface area (Å²) < 4.78 is 3.09. The van der Waals surface area contributed by atoms with Crippen LogP contribution in [-0.2, 0) is 17.9 Å². The van der Waals surface area contributed by atoms with Gasteiger partial charge in [0.25, 0.3) is 5.56 Å². The standard InChI is InChI=1S/C19H16ClN5O2/c20-14-6-5-13-7-9-24(17(13)11-14)10-8-21-18(26)12-25-19(27)15-3-1-2-4-16(15)22-23-25/h1-7,9,11H,8,10,12H2,(H,21,26). The normalized spacial score (nSPS) is 11.1. The molecule has 0 radical (unpaired) electrons. The van der Waals surface area contributed by atoms with Crippen LogP contribution in [0, 0.1) is 0 Å². The summed E-state index contributed by atoms with van der Waals surface area (Å²) in [5, 5.41) is 12.8. The molecule has 0 aliphatic heterocycles. The first-order valence-corrected chi connectivity index (χ1v) is 8.83. The molecule has 4 rings (SSSR count). The lowest BCUT2D eigenvalue weighted by Crippen LogP contribution is -2.35. The van der Waals surface area contributed by atoms with Crippen LogP contribution in [0.15, 0.2) is 59.5 Å². The molecule has 0 aliphatic carbocycles. The van der Waals surface area contributed by atoms with Crippen LogP contribution in [-0.4, -0.2) is 32.0 Å². The first-order valence-electron chi connectivity index (χ1n) is 8.45. The van der Waals surface area contributed by atoms with Gasteiger partial charge in [-0.15, -0.1) is 5.10 Å². The van der Waals surface area contributed by atoms with Gasteiger partial charge in [-0.25, -0.2) is 4.68 Å². The van der Waals surface area contributed by atoms with Crippen LogP contribution in [0.25, 0.3) is 21.8 Å². The summed E-state index contributed by atoms with van der Waals surface area (Å²) >= 11 is 6.05. The largest absolute Gasteiger partial charge is 0.353 e. The van der Waals surface area contributed by atoms with E-state index in [4.69, 9.17) is 11.6 Å². The number of hydrogen-bond donors (Lipinski definition) is 1. The smallest absolute Gasteiger partial charge is 0.278 e. The quantitative estimate of drug-likeness (QED) is 0.574. The van der Waals surface area contributed by atoms with E-state index in [0.29, 0.717) is 29.0 Å². The van der Waals surface area contributed by atoms with Crippen LogP contribution >= 0.6 is 11.6 Å². The molecule has 0 bridgehead atoms. The molecule has 0 saturated heterocycles. The lowest BCUT2D eigenvalue weighted by atomic mass is 10.2. The average Bonchev–Trinajstić information content (AvgIpc) is 3.06. The van der Waals surface area contributed by atoms with E-state index in [-0.39, 0.29) is 18.0 Å². The van der Waals surface area contributed by atoms with Crippen molar-refractivity contribution >= 4 is 39.3 Å². The van der Waals surface area contributed by atoms with E-state index in [9.17, 15) is 9.59 Å². The molecule has 0 spiro atoms. The maximum Gasteiger partial charge on any atom is 0.278 e. The molecule has 136 valence electrons. The Morgan fingerprint density at radius 3 is 2.89 bits per heavy atom. The maximum atomic E-state index is 12.4. The number of rotatable bonds is 5. The molecule has 0 unspecified atom stereocenters. The van der Waals surface area contributed by atoms with Crippen molar-refractivity contribution in [1.29, 1.82) is 0 Å². The van der Waals surface area contributed by atoms with Crippen LogP contribution in [0.4, 0.5) is 0 Å². The van der Waals surface area contributed by atoms with Crippen molar-refractivity contribution in [2.75, 3.05) is 6.54 Å². The minimum absolute atomic E-state index is 0.172. The third-order valence-corrected chi connectivity index (χ3v) is 4.57. The Morgan fingerprint density at radius 1 is 1.15 bits per heavy atom. The van der Waals surface area contributed by atoms with E-state index in [1.165, 1.54) is 0 Å². The van der Waals surface area contributed by atoms with Crippen LogP contribution in [0.3, 0.4) is 0 Å². The monoisotopic (exact) mass is 381 g/mol. The fourth-order valence-electron chi connectivity index (χ4n) is 2.99. The van der Waals surface area contributed by atoms with E-state index in [2.05, 4.69) is 15.6 Å². The highest BCUT2D eigenvalue weighted by molar-refractivity contribution is 6.31. The molecule has 27 heavy (non-hydrogen) atoms. The maximum absolute atomic E-state index is 12.4. The van der Waals surface area contributed by atoms with Crippen molar-refractivity contribution in [2.24, 2.45) is 0 Å². The van der Waals surface area contributed by atoms with Crippen molar-refractivity contribution < 1.29 is 4.79 Å². The number of benzene rings is 2. The van der Waals surface area contributed by atoms with Gasteiger partial charge in [-0.3, -0.25) is 9.59 Å². The molecule has 0 aliphatic rings. The minimum atomic E-state index is -0.332. The molecule has 4 aromatic rings. The average molecular weight is 382 g/mol. The van der Waals surface area contributed by atoms with E-state index < -0.39 is 0 Å². The summed E-state index contributed by atoms with van der Waals surface area (Å²) in [7, 11) is 0. The van der Waals surface area contributed by atoms with Crippen molar-refractivity contribution in [1.82, 2.24) is 24.9 Å². The van der Waals surface area contributed by atoms with Crippen LogP contribution in [0.1, 0.15) is 0 Å². The number of hydrogen-bond acceptors (Lipinski definition) is 4. The van der Waals surface area contributed by atoms with Gasteiger partial charge in [0.05, 0.1) is 5.39 Å². The molecule has 1 N–H and O–H groups in total. The van der Waals surface area contributed by atoms with Gasteiger partial charge in [-0.1, -0.05) is 35.0 Å². The van der Waals surface area contributed by atoms with Crippen LogP contribution in [0.5, 0.6) is 0 Å². The molecular formula is C19H16ClN5O2. The van der Waals surface area contributed by atoms with Crippen molar-refractivity contribution in [3.63, 3.8) is 0 Å². The van der Waals surface area contributed by atoms with Gasteiger partial charge in [0.15, 0.2) is 0 Å². The number of carbonyl (C=O) groups excluding carboxylic acids is 1. The highest BCUT2D eigenvalue weighted by atomic mass is 35.5. The number of carbonyl (C=O) groups is 1. The summed E-state index contributed by atoms with van der Waals surface area (Å²) in [5.41, 5.74) is 1.19. The predicted octanol–water partition coefficient (Wildman–Crippen LogP) is 2.22. The third kappa shape index (κ3) is 3.54. The Morgan fingerprint density at radius 2 is 2.00 bits per heavy atom. The summed E-state index contributed by atoms with van der Waals surface area (Å²) in [5.74, 6) is -0.295. The molecule has 0 atom stereocenters. The second-order valence-corrected chi connectivity index (χ2v) is 6.57. The molecule has 2 heterocycles. The second-order valence-electron chi connectivity index (χ2n) is 6.13. The highest BCUT2D eigenvalue weighted by Gasteiger charge is 2.09. The van der Waals surface area contributed by atoms with Crippen molar-refractivity contribution in [3.05, 3.63) is 70.1 Å². The fraction of sp³-hybridized carbons (Fsp3) is 0.158. The molecule has 0 saturated carbocycles. The Labute approximate surface area is 159 Å². The van der Waals surface area contributed by atoms with Gasteiger partial charge in [-0.2, -0.15) is 0 Å². The summed E-state index contributed by atoms with van der Waals surface area (Å²) in [6.45, 7) is 0.841. The number of aromatic nitrogens is 4. The lowest BCUT2D eigenvalue weighted by molar-refractivity contribution is -0.121. The molecular weight excluding hydrogens is 366 g/mol. The first kappa shape index (κ1) is 17.2. The van der Waals surface area contributed by atoms with Crippen LogP contribution < -0.4 is 10.9 Å². The zero-order chi connectivity index (χ0) is 18.8. The van der Waals surface area contributed by atoms with Gasteiger partial charge in [0.2, 0.25) is 5.91 Å². The number of nitrogens with zero attached hydrogens (tertiary/aromatic N) is 4. The second kappa shape index (κ2) is 7.20. The van der Waals surface area contributed by atoms with Crippen molar-refractivity contribution in [2.45, 2.75) is 13.1 Å². The summed E-state index contributed by atoms with van der Waals surface area (Å²) in [6.07, 6.45) is 1.95. The first-order chi connectivity index (χ1) is 13.1. The van der Waals surface area contributed by atoms with Gasteiger partial charge in [0.1, 0.15) is 12.1 Å². The van der Waals surface area contributed by atoms with E-state index in [1.807, 2.05) is 35.0 Å². The minimum Gasteiger partial charge on any atom is -0.353 e. The predicted molar refractivity (Wildman–Crippen MR) is 104 cm³/mol. The van der Waals surface area contributed by atoms with E-state index in [1.54, 1.807) is 24.3 Å². The van der Waals surface area contributed by atoms with Gasteiger partial charge in [0, 0.05) is 29.8 Å². The Balaban J connectivity index is 1.40. The SMILES string of the molecule is O=C(Cn1nnc2ccccc2c1=O)NCCn1ccc2ccc(Cl)cc21. The number of nitrogens with one attached hydrogen (secondary N) is 1. The Hall–Kier alpha value is -3.19. The topological polar surface area (TPSA) is 81.8 Å². The molecule has 2 aromatic heterocycles. The molecule has 2 aromatic carbocycles. The fourth-order valence-corrected chi connectivity index (χ4v) is 3.15. The number of amides is 1. The van der Waals surface area contributed by atoms with Gasteiger partial charge < -0.3 is 9.88 Å². The third-order valence-electron chi connectivity index (χ3n) is 4.33. The van der Waals surface area contributed by atoms with E-state index in [0.717, 1.165) is 15.6 Å². The Kier molecular flexibility index (Phi) is 4.60. The molecule has 8 heteroatoms. The molecule has 7 nitrogen and oxygen atoms in total. The zero-order valence-corrected chi connectivity index (χ0v) is 15.1. The number of halogens is 1. The number of fused-ring (bicyclic) bond motifs is 2. The van der Waals surface area contributed by atoms with E-state index >= 15 is 0 Å². The van der Waals surface area contributed by atoms with Gasteiger partial charge in [-0.05, 0) is 35.7 Å². The van der Waals surface area contributed by atoms with Crippen LogP contribution in [0.2, 0.25) is 5.02 Å². The highest BCUT2D eigenvalue weighted by Crippen LogP contribution is 2.20. The molecule has 0 fully saturated rings. The zero-order valence-electron chi connectivity index (χ0n) is 14.3.